The lowest BCUT2D eigenvalue weighted by Gasteiger charge is -2.32. The summed E-state index contributed by atoms with van der Waals surface area (Å²) < 4.78 is 6.33. The average molecular weight is 267 g/mol. The van der Waals surface area contributed by atoms with Crippen LogP contribution in [0.3, 0.4) is 0 Å². The lowest BCUT2D eigenvalue weighted by molar-refractivity contribution is 0.0889. The van der Waals surface area contributed by atoms with Crippen molar-refractivity contribution >= 4 is 11.6 Å². The number of alkyl halides is 1. The van der Waals surface area contributed by atoms with Gasteiger partial charge in [0, 0.05) is 5.56 Å². The van der Waals surface area contributed by atoms with E-state index in [0.29, 0.717) is 17.9 Å². The summed E-state index contributed by atoms with van der Waals surface area (Å²) in [4.78, 5) is 0. The van der Waals surface area contributed by atoms with Crippen molar-refractivity contribution in [3.63, 3.8) is 0 Å². The summed E-state index contributed by atoms with van der Waals surface area (Å²) in [6.45, 7) is 4.38. The molecule has 0 heterocycles. The maximum atomic E-state index is 6.33. The SMILES string of the molecule is CCC1CCCCC1Oc1c(C)cccc1CCl. The Bertz CT molecular complexity index is 389. The number of aryl methyl sites for hydroxylation is 1. The van der Waals surface area contributed by atoms with E-state index in [2.05, 4.69) is 32.0 Å². The zero-order valence-corrected chi connectivity index (χ0v) is 12.2. The van der Waals surface area contributed by atoms with Crippen molar-refractivity contribution in [2.75, 3.05) is 0 Å². The highest BCUT2D eigenvalue weighted by atomic mass is 35.5. The molecule has 0 aliphatic heterocycles. The third kappa shape index (κ3) is 3.00. The van der Waals surface area contributed by atoms with E-state index in [1.807, 2.05) is 0 Å². The van der Waals surface area contributed by atoms with Crippen molar-refractivity contribution in [3.05, 3.63) is 29.3 Å². The van der Waals surface area contributed by atoms with Crippen LogP contribution in [0.15, 0.2) is 18.2 Å². The molecule has 0 amide bonds. The molecule has 0 spiro atoms. The molecule has 0 saturated heterocycles. The molecule has 1 aromatic carbocycles. The van der Waals surface area contributed by atoms with Gasteiger partial charge in [-0.1, -0.05) is 31.5 Å². The van der Waals surface area contributed by atoms with Crippen LogP contribution in [0.5, 0.6) is 5.75 Å². The van der Waals surface area contributed by atoms with Gasteiger partial charge < -0.3 is 4.74 Å². The van der Waals surface area contributed by atoms with Gasteiger partial charge in [0.2, 0.25) is 0 Å². The number of hydrogen-bond acceptors (Lipinski definition) is 1. The van der Waals surface area contributed by atoms with E-state index in [0.717, 1.165) is 11.3 Å². The lowest BCUT2D eigenvalue weighted by Crippen LogP contribution is -2.30. The Balaban J connectivity index is 2.17. The Labute approximate surface area is 115 Å². The second-order valence-electron chi connectivity index (χ2n) is 5.31. The molecule has 1 nitrogen and oxygen atoms in total. The maximum absolute atomic E-state index is 6.33. The van der Waals surface area contributed by atoms with E-state index in [9.17, 15) is 0 Å². The minimum absolute atomic E-state index is 0.381. The minimum atomic E-state index is 0.381. The summed E-state index contributed by atoms with van der Waals surface area (Å²) >= 11 is 6.01. The number of rotatable bonds is 4. The third-order valence-electron chi connectivity index (χ3n) is 4.07. The van der Waals surface area contributed by atoms with Gasteiger partial charge in [0.05, 0.1) is 5.88 Å². The van der Waals surface area contributed by atoms with E-state index in [1.54, 1.807) is 0 Å². The maximum Gasteiger partial charge on any atom is 0.127 e. The van der Waals surface area contributed by atoms with Crippen LogP contribution in [-0.2, 0) is 5.88 Å². The van der Waals surface area contributed by atoms with Crippen LogP contribution in [0.2, 0.25) is 0 Å². The van der Waals surface area contributed by atoms with Crippen LogP contribution < -0.4 is 4.74 Å². The number of halogens is 1. The molecule has 0 bridgehead atoms. The molecule has 100 valence electrons. The molecule has 0 N–H and O–H groups in total. The number of ether oxygens (including phenoxy) is 1. The van der Waals surface area contributed by atoms with Gasteiger partial charge in [-0.2, -0.15) is 0 Å². The zero-order valence-electron chi connectivity index (χ0n) is 11.4. The average Bonchev–Trinajstić information content (AvgIpc) is 2.41. The summed E-state index contributed by atoms with van der Waals surface area (Å²) in [5.74, 6) is 2.26. The molecule has 2 atom stereocenters. The van der Waals surface area contributed by atoms with Gasteiger partial charge in [0.15, 0.2) is 0 Å². The molecule has 2 rings (SSSR count). The topological polar surface area (TPSA) is 9.23 Å². The van der Waals surface area contributed by atoms with Crippen molar-refractivity contribution in [1.82, 2.24) is 0 Å². The second-order valence-corrected chi connectivity index (χ2v) is 5.57. The van der Waals surface area contributed by atoms with E-state index in [-0.39, 0.29) is 0 Å². The largest absolute Gasteiger partial charge is 0.490 e. The monoisotopic (exact) mass is 266 g/mol. The normalized spacial score (nSPS) is 23.9. The molecule has 1 aliphatic rings. The molecule has 1 aromatic rings. The van der Waals surface area contributed by atoms with E-state index >= 15 is 0 Å². The fraction of sp³-hybridized carbons (Fsp3) is 0.625. The van der Waals surface area contributed by atoms with Crippen molar-refractivity contribution in [2.45, 2.75) is 57.9 Å². The lowest BCUT2D eigenvalue weighted by atomic mass is 9.84. The highest BCUT2D eigenvalue weighted by Gasteiger charge is 2.26. The van der Waals surface area contributed by atoms with Crippen LogP contribution in [-0.4, -0.2) is 6.10 Å². The first-order valence-corrected chi connectivity index (χ1v) is 7.60. The first-order valence-electron chi connectivity index (χ1n) is 7.07. The fourth-order valence-corrected chi connectivity index (χ4v) is 3.14. The number of benzene rings is 1. The molecule has 1 saturated carbocycles. The summed E-state index contributed by atoms with van der Waals surface area (Å²) in [6, 6.07) is 6.23. The van der Waals surface area contributed by atoms with Crippen LogP contribution in [0.1, 0.15) is 50.2 Å². The van der Waals surface area contributed by atoms with Gasteiger partial charge >= 0.3 is 0 Å². The molecular weight excluding hydrogens is 244 g/mol. The number of hydrogen-bond donors (Lipinski definition) is 0. The summed E-state index contributed by atoms with van der Waals surface area (Å²) in [5.41, 5.74) is 2.32. The molecule has 0 aromatic heterocycles. The molecular formula is C16H23ClO. The highest BCUT2D eigenvalue weighted by Crippen LogP contribution is 2.33. The van der Waals surface area contributed by atoms with E-state index in [1.165, 1.54) is 37.7 Å². The van der Waals surface area contributed by atoms with Crippen LogP contribution in [0.25, 0.3) is 0 Å². The molecule has 1 fully saturated rings. The third-order valence-corrected chi connectivity index (χ3v) is 4.36. The molecule has 2 unspecified atom stereocenters. The summed E-state index contributed by atoms with van der Waals surface area (Å²) in [7, 11) is 0. The summed E-state index contributed by atoms with van der Waals surface area (Å²) in [5, 5.41) is 0. The standard InChI is InChI=1S/C16H23ClO/c1-3-13-8-4-5-10-15(13)18-16-12(2)7-6-9-14(16)11-17/h6-7,9,13,15H,3-5,8,10-11H2,1-2H3. The molecule has 18 heavy (non-hydrogen) atoms. The molecule has 0 radical (unpaired) electrons. The summed E-state index contributed by atoms with van der Waals surface area (Å²) in [6.07, 6.45) is 6.74. The van der Waals surface area contributed by atoms with Gasteiger partial charge in [0.25, 0.3) is 0 Å². The van der Waals surface area contributed by atoms with Crippen molar-refractivity contribution in [1.29, 1.82) is 0 Å². The molecule has 1 aliphatic carbocycles. The fourth-order valence-electron chi connectivity index (χ4n) is 2.93. The van der Waals surface area contributed by atoms with Gasteiger partial charge in [-0.15, -0.1) is 11.6 Å². The predicted octanol–water partition coefficient (Wildman–Crippen LogP) is 5.08. The smallest absolute Gasteiger partial charge is 0.127 e. The van der Waals surface area contributed by atoms with E-state index < -0.39 is 0 Å². The van der Waals surface area contributed by atoms with Crippen LogP contribution in [0.4, 0.5) is 0 Å². The van der Waals surface area contributed by atoms with E-state index in [4.69, 9.17) is 16.3 Å². The van der Waals surface area contributed by atoms with Gasteiger partial charge in [-0.05, 0) is 44.1 Å². The van der Waals surface area contributed by atoms with Gasteiger partial charge in [0.1, 0.15) is 11.9 Å². The Morgan fingerprint density at radius 3 is 2.78 bits per heavy atom. The van der Waals surface area contributed by atoms with Crippen molar-refractivity contribution < 1.29 is 4.74 Å². The first kappa shape index (κ1) is 13.7. The van der Waals surface area contributed by atoms with Crippen molar-refractivity contribution in [2.24, 2.45) is 5.92 Å². The Kier molecular flexibility index (Phi) is 4.94. The predicted molar refractivity (Wildman–Crippen MR) is 77.4 cm³/mol. The Hall–Kier alpha value is -0.690. The minimum Gasteiger partial charge on any atom is -0.490 e. The Morgan fingerprint density at radius 2 is 2.06 bits per heavy atom. The highest BCUT2D eigenvalue weighted by molar-refractivity contribution is 6.17. The van der Waals surface area contributed by atoms with Crippen LogP contribution >= 0.6 is 11.6 Å². The Morgan fingerprint density at radius 1 is 1.28 bits per heavy atom. The van der Waals surface area contributed by atoms with Gasteiger partial charge in [-0.3, -0.25) is 0 Å². The van der Waals surface area contributed by atoms with Gasteiger partial charge in [-0.25, -0.2) is 0 Å². The first-order chi connectivity index (χ1) is 8.76. The van der Waals surface area contributed by atoms with Crippen LogP contribution in [0, 0.1) is 12.8 Å². The zero-order chi connectivity index (χ0) is 13.0. The second kappa shape index (κ2) is 6.47. The van der Waals surface area contributed by atoms with Crippen molar-refractivity contribution in [3.8, 4) is 5.75 Å². The quantitative estimate of drug-likeness (QED) is 0.691. The number of para-hydroxylation sites is 1. The molecule has 2 heteroatoms.